The Kier molecular flexibility index (Phi) is 4.67. The molecule has 2 heteroatoms. The molecule has 1 atom stereocenters. The molecular formula is C19H31NO. The van der Waals surface area contributed by atoms with E-state index < -0.39 is 0 Å². The fraction of sp³-hybridized carbons (Fsp3) is 0.684. The summed E-state index contributed by atoms with van der Waals surface area (Å²) in [7, 11) is 0. The van der Waals surface area contributed by atoms with Gasteiger partial charge in [-0.3, -0.25) is 0 Å². The van der Waals surface area contributed by atoms with Crippen molar-refractivity contribution in [2.45, 2.75) is 71.3 Å². The van der Waals surface area contributed by atoms with Crippen LogP contribution in [0.4, 0.5) is 0 Å². The van der Waals surface area contributed by atoms with E-state index in [4.69, 9.17) is 4.74 Å². The van der Waals surface area contributed by atoms with Gasteiger partial charge in [0.15, 0.2) is 0 Å². The summed E-state index contributed by atoms with van der Waals surface area (Å²) in [6.07, 6.45) is 2.49. The molecule has 1 fully saturated rings. The quantitative estimate of drug-likeness (QED) is 0.890. The van der Waals surface area contributed by atoms with Gasteiger partial charge in [-0.15, -0.1) is 0 Å². The van der Waals surface area contributed by atoms with Crippen molar-refractivity contribution in [3.8, 4) is 5.75 Å². The van der Waals surface area contributed by atoms with Crippen LogP contribution >= 0.6 is 0 Å². The van der Waals surface area contributed by atoms with Gasteiger partial charge in [-0.25, -0.2) is 0 Å². The number of benzene rings is 1. The summed E-state index contributed by atoms with van der Waals surface area (Å²) >= 11 is 0. The lowest BCUT2D eigenvalue weighted by atomic mass is 9.80. The van der Waals surface area contributed by atoms with Crippen LogP contribution in [0.25, 0.3) is 0 Å². The van der Waals surface area contributed by atoms with Crippen LogP contribution in [0, 0.1) is 0 Å². The molecule has 0 aromatic heterocycles. The van der Waals surface area contributed by atoms with Crippen molar-refractivity contribution >= 4 is 0 Å². The number of ether oxygens (including phenoxy) is 1. The van der Waals surface area contributed by atoms with E-state index in [1.807, 2.05) is 0 Å². The van der Waals surface area contributed by atoms with Crippen LogP contribution in [-0.4, -0.2) is 19.2 Å². The Morgan fingerprint density at radius 3 is 2.33 bits per heavy atom. The van der Waals surface area contributed by atoms with Crippen LogP contribution in [0.3, 0.4) is 0 Å². The molecule has 0 saturated carbocycles. The molecule has 1 N–H and O–H groups in total. The predicted molar refractivity (Wildman–Crippen MR) is 90.4 cm³/mol. The zero-order valence-electron chi connectivity index (χ0n) is 14.5. The van der Waals surface area contributed by atoms with Gasteiger partial charge in [0.05, 0.1) is 0 Å². The molecule has 0 amide bonds. The third kappa shape index (κ3) is 4.23. The first kappa shape index (κ1) is 16.4. The van der Waals surface area contributed by atoms with Crippen molar-refractivity contribution in [3.05, 3.63) is 29.3 Å². The van der Waals surface area contributed by atoms with Crippen LogP contribution in [-0.2, 0) is 10.8 Å². The van der Waals surface area contributed by atoms with Crippen LogP contribution in [0.15, 0.2) is 18.2 Å². The topological polar surface area (TPSA) is 21.3 Å². The summed E-state index contributed by atoms with van der Waals surface area (Å²) in [5.74, 6) is 1.05. The Balaban J connectivity index is 2.23. The lowest BCUT2D eigenvalue weighted by molar-refractivity contribution is 0.270. The summed E-state index contributed by atoms with van der Waals surface area (Å²) in [5, 5.41) is 3.50. The number of rotatable bonds is 3. The molecule has 1 aliphatic heterocycles. The highest BCUT2D eigenvalue weighted by Crippen LogP contribution is 2.35. The lowest BCUT2D eigenvalue weighted by Gasteiger charge is -2.27. The zero-order chi connectivity index (χ0) is 15.7. The van der Waals surface area contributed by atoms with E-state index in [1.165, 1.54) is 24.0 Å². The second-order valence-corrected chi connectivity index (χ2v) is 8.32. The van der Waals surface area contributed by atoms with Gasteiger partial charge in [0, 0.05) is 6.04 Å². The molecule has 21 heavy (non-hydrogen) atoms. The summed E-state index contributed by atoms with van der Waals surface area (Å²) in [4.78, 5) is 0. The third-order valence-electron chi connectivity index (χ3n) is 4.26. The minimum absolute atomic E-state index is 0.0969. The highest BCUT2D eigenvalue weighted by atomic mass is 16.5. The van der Waals surface area contributed by atoms with E-state index in [0.29, 0.717) is 6.04 Å². The van der Waals surface area contributed by atoms with E-state index >= 15 is 0 Å². The Labute approximate surface area is 130 Å². The van der Waals surface area contributed by atoms with Crippen LogP contribution < -0.4 is 10.1 Å². The largest absolute Gasteiger partial charge is 0.492 e. The predicted octanol–water partition coefficient (Wildman–Crippen LogP) is 4.41. The molecule has 2 nitrogen and oxygen atoms in total. The average molecular weight is 289 g/mol. The molecule has 0 radical (unpaired) electrons. The molecule has 1 heterocycles. The first-order valence-corrected chi connectivity index (χ1v) is 8.19. The van der Waals surface area contributed by atoms with Crippen molar-refractivity contribution in [2.75, 3.05) is 13.2 Å². The fourth-order valence-corrected chi connectivity index (χ4v) is 2.80. The Morgan fingerprint density at radius 2 is 1.81 bits per heavy atom. The first-order valence-electron chi connectivity index (χ1n) is 8.19. The average Bonchev–Trinajstić information content (AvgIpc) is 2.87. The summed E-state index contributed by atoms with van der Waals surface area (Å²) in [5.41, 5.74) is 2.96. The lowest BCUT2D eigenvalue weighted by Crippen LogP contribution is -2.29. The number of nitrogens with one attached hydrogen (secondary N) is 1. The Morgan fingerprint density at radius 1 is 1.10 bits per heavy atom. The Hall–Kier alpha value is -1.02. The van der Waals surface area contributed by atoms with Crippen molar-refractivity contribution in [1.82, 2.24) is 5.32 Å². The normalized spacial score (nSPS) is 19.8. The monoisotopic (exact) mass is 289 g/mol. The van der Waals surface area contributed by atoms with E-state index in [-0.39, 0.29) is 10.8 Å². The van der Waals surface area contributed by atoms with Crippen LogP contribution in [0.2, 0.25) is 0 Å². The van der Waals surface area contributed by atoms with Gasteiger partial charge in [-0.05, 0) is 47.4 Å². The molecule has 0 unspecified atom stereocenters. The minimum Gasteiger partial charge on any atom is -0.492 e. The zero-order valence-corrected chi connectivity index (χ0v) is 14.5. The molecule has 118 valence electrons. The second-order valence-electron chi connectivity index (χ2n) is 8.32. The van der Waals surface area contributed by atoms with Gasteiger partial charge >= 0.3 is 0 Å². The molecule has 1 aromatic rings. The van der Waals surface area contributed by atoms with E-state index in [2.05, 4.69) is 65.1 Å². The van der Waals surface area contributed by atoms with E-state index in [0.717, 1.165) is 18.9 Å². The molecule has 1 saturated heterocycles. The molecule has 2 rings (SSSR count). The highest BCUT2D eigenvalue weighted by Gasteiger charge is 2.24. The van der Waals surface area contributed by atoms with Crippen molar-refractivity contribution in [1.29, 1.82) is 0 Å². The summed E-state index contributed by atoms with van der Waals surface area (Å²) in [6.45, 7) is 15.5. The maximum absolute atomic E-state index is 6.15. The molecule has 1 aliphatic rings. The molecule has 0 aliphatic carbocycles. The summed E-state index contributed by atoms with van der Waals surface area (Å²) in [6, 6.07) is 7.22. The van der Waals surface area contributed by atoms with Crippen molar-refractivity contribution in [3.63, 3.8) is 0 Å². The van der Waals surface area contributed by atoms with E-state index in [9.17, 15) is 0 Å². The van der Waals surface area contributed by atoms with Gasteiger partial charge in [-0.1, -0.05) is 53.7 Å². The molecular weight excluding hydrogens is 258 g/mol. The first-order chi connectivity index (χ1) is 9.68. The van der Waals surface area contributed by atoms with Gasteiger partial charge in [0.1, 0.15) is 12.4 Å². The third-order valence-corrected chi connectivity index (χ3v) is 4.26. The highest BCUT2D eigenvalue weighted by molar-refractivity contribution is 5.43. The molecule has 0 bridgehead atoms. The number of hydrogen-bond acceptors (Lipinski definition) is 2. The maximum Gasteiger partial charge on any atom is 0.123 e. The van der Waals surface area contributed by atoms with Crippen LogP contribution in [0.5, 0.6) is 5.75 Å². The van der Waals surface area contributed by atoms with Gasteiger partial charge in [0.25, 0.3) is 0 Å². The fourth-order valence-electron chi connectivity index (χ4n) is 2.80. The molecule has 1 aromatic carbocycles. The standard InChI is InChI=1S/C19H31NO/c1-18(2,3)14-9-10-17(16(12-14)19(4,5)6)21-13-15-8-7-11-20-15/h9-10,12,15,20H,7-8,11,13H2,1-6H3/t15-/m0/s1. The summed E-state index contributed by atoms with van der Waals surface area (Å²) < 4.78 is 6.15. The van der Waals surface area contributed by atoms with Crippen molar-refractivity contribution in [2.24, 2.45) is 0 Å². The maximum atomic E-state index is 6.15. The number of hydrogen-bond donors (Lipinski definition) is 1. The second kappa shape index (κ2) is 6.00. The van der Waals surface area contributed by atoms with Crippen molar-refractivity contribution < 1.29 is 4.74 Å². The van der Waals surface area contributed by atoms with Gasteiger partial charge in [0.2, 0.25) is 0 Å². The SMILES string of the molecule is CC(C)(C)c1ccc(OC[C@@H]2CCCN2)c(C(C)(C)C)c1. The van der Waals surface area contributed by atoms with Crippen LogP contribution in [0.1, 0.15) is 65.5 Å². The molecule has 0 spiro atoms. The van der Waals surface area contributed by atoms with Gasteiger partial charge < -0.3 is 10.1 Å². The van der Waals surface area contributed by atoms with E-state index in [1.54, 1.807) is 0 Å². The smallest absolute Gasteiger partial charge is 0.123 e. The minimum atomic E-state index is 0.0969. The Bertz CT molecular complexity index is 473. The van der Waals surface area contributed by atoms with Gasteiger partial charge in [-0.2, -0.15) is 0 Å².